The molecule has 1 aliphatic rings. The van der Waals surface area contributed by atoms with Crippen molar-refractivity contribution in [2.24, 2.45) is 0 Å². The molecule has 0 aliphatic carbocycles. The topological polar surface area (TPSA) is 127 Å². The highest BCUT2D eigenvalue weighted by Gasteiger charge is 2.24. The third-order valence-corrected chi connectivity index (χ3v) is 6.86. The number of ether oxygens (including phenoxy) is 1. The highest BCUT2D eigenvalue weighted by Crippen LogP contribution is 2.31. The number of rotatable bonds is 13. The number of hydrogen-bond donors (Lipinski definition) is 4. The maximum absolute atomic E-state index is 14.0. The van der Waals surface area contributed by atoms with Gasteiger partial charge in [0.15, 0.2) is 5.56 Å². The van der Waals surface area contributed by atoms with Gasteiger partial charge in [-0.05, 0) is 55.5 Å². The predicted molar refractivity (Wildman–Crippen MR) is 135 cm³/mol. The van der Waals surface area contributed by atoms with E-state index in [9.17, 15) is 23.5 Å². The number of piperazine rings is 1. The normalized spacial score (nSPS) is 14.5. The molecule has 4 N–H and O–H groups in total. The summed E-state index contributed by atoms with van der Waals surface area (Å²) in [6, 6.07) is 1.46. The molecule has 0 spiro atoms. The zero-order chi connectivity index (χ0) is 26.8. The fourth-order valence-electron chi connectivity index (χ4n) is 3.96. The Morgan fingerprint density at radius 2 is 1.78 bits per heavy atom. The number of urea groups is 1. The number of benzene rings is 1. The number of unbranched alkanes of at least 4 members (excludes halogenated alkanes) is 2. The van der Waals surface area contributed by atoms with E-state index in [-0.39, 0.29) is 34.2 Å². The Morgan fingerprint density at radius 3 is 2.46 bits per heavy atom. The van der Waals surface area contributed by atoms with Crippen LogP contribution in [0.1, 0.15) is 40.7 Å². The molecule has 1 aromatic heterocycles. The standard InChI is InChI=1S/C24H33F2N5O5S/c1-16-13-19(26)17(14-18(16)25)15-36-21-20(23(33)34)22(37-29-21)28-24(35)27-5-3-2-4-6-30-7-9-31(10-8-30)11-12-32/h13-14,32H,2-12,15H2,1H3,(H,33,34)(H2,27,28,35). The number of aliphatic hydroxyl groups excluding tert-OH is 1. The minimum atomic E-state index is -1.37. The van der Waals surface area contributed by atoms with Crippen LogP contribution in [0.4, 0.5) is 18.6 Å². The number of amides is 2. The number of aromatic carboxylic acids is 1. The molecule has 0 radical (unpaired) electrons. The number of carboxylic acids is 1. The summed E-state index contributed by atoms with van der Waals surface area (Å²) in [5.41, 5.74) is -0.289. The van der Waals surface area contributed by atoms with Crippen molar-refractivity contribution in [1.82, 2.24) is 19.5 Å². The molecule has 2 aromatic rings. The van der Waals surface area contributed by atoms with Gasteiger partial charge in [-0.15, -0.1) is 0 Å². The van der Waals surface area contributed by atoms with E-state index in [0.717, 1.165) is 82.2 Å². The van der Waals surface area contributed by atoms with Crippen LogP contribution in [0.3, 0.4) is 0 Å². The van der Waals surface area contributed by atoms with E-state index in [1.54, 1.807) is 0 Å². The SMILES string of the molecule is Cc1cc(F)c(COc2nsc(NC(=O)NCCCCCN3CCN(CCO)CC3)c2C(=O)O)cc1F. The summed E-state index contributed by atoms with van der Waals surface area (Å²) in [6.45, 7) is 7.25. The van der Waals surface area contributed by atoms with Crippen LogP contribution in [0, 0.1) is 18.6 Å². The van der Waals surface area contributed by atoms with E-state index in [0.29, 0.717) is 6.54 Å². The molecule has 1 fully saturated rings. The number of β-amino-alcohol motifs (C(OH)–C–C–N with tert-alkyl or cyclic N) is 1. The fraction of sp³-hybridized carbons (Fsp3) is 0.542. The molecule has 1 saturated heterocycles. The van der Waals surface area contributed by atoms with E-state index in [4.69, 9.17) is 9.84 Å². The van der Waals surface area contributed by atoms with Gasteiger partial charge < -0.3 is 25.2 Å². The summed E-state index contributed by atoms with van der Waals surface area (Å²) >= 11 is 0.726. The van der Waals surface area contributed by atoms with Gasteiger partial charge in [-0.1, -0.05) is 6.42 Å². The van der Waals surface area contributed by atoms with Crippen LogP contribution in [-0.4, -0.2) is 88.8 Å². The third kappa shape index (κ3) is 8.59. The molecular weight excluding hydrogens is 508 g/mol. The number of carbonyl (C=O) groups excluding carboxylic acids is 1. The minimum absolute atomic E-state index is 0.0177. The van der Waals surface area contributed by atoms with E-state index in [1.165, 1.54) is 6.92 Å². The summed E-state index contributed by atoms with van der Waals surface area (Å²) < 4.78 is 37.0. The summed E-state index contributed by atoms with van der Waals surface area (Å²) in [5.74, 6) is -2.94. The molecular formula is C24H33F2N5O5S. The molecule has 0 unspecified atom stereocenters. The van der Waals surface area contributed by atoms with E-state index < -0.39 is 30.2 Å². The van der Waals surface area contributed by atoms with Gasteiger partial charge in [-0.2, -0.15) is 4.37 Å². The largest absolute Gasteiger partial charge is 0.477 e. The van der Waals surface area contributed by atoms with Gasteiger partial charge in [0.05, 0.1) is 6.61 Å². The first-order valence-electron chi connectivity index (χ1n) is 12.2. The lowest BCUT2D eigenvalue weighted by Gasteiger charge is -2.34. The summed E-state index contributed by atoms with van der Waals surface area (Å²) in [4.78, 5) is 28.6. The smallest absolute Gasteiger partial charge is 0.344 e. The Hall–Kier alpha value is -2.87. The van der Waals surface area contributed by atoms with Crippen LogP contribution >= 0.6 is 11.5 Å². The number of aromatic nitrogens is 1. The van der Waals surface area contributed by atoms with Crippen molar-refractivity contribution in [3.63, 3.8) is 0 Å². The highest BCUT2D eigenvalue weighted by molar-refractivity contribution is 7.11. The van der Waals surface area contributed by atoms with Crippen molar-refractivity contribution < 1.29 is 33.3 Å². The van der Waals surface area contributed by atoms with Crippen molar-refractivity contribution in [2.45, 2.75) is 32.8 Å². The third-order valence-electron chi connectivity index (χ3n) is 6.11. The second-order valence-corrected chi connectivity index (χ2v) is 9.60. The second kappa shape index (κ2) is 14.2. The Bertz CT molecular complexity index is 1060. The Balaban J connectivity index is 1.39. The number of halogens is 2. The predicted octanol–water partition coefficient (Wildman–Crippen LogP) is 2.91. The first-order chi connectivity index (χ1) is 17.8. The Morgan fingerprint density at radius 1 is 1.08 bits per heavy atom. The number of aliphatic hydroxyl groups is 1. The van der Waals surface area contributed by atoms with Crippen molar-refractivity contribution in [1.29, 1.82) is 0 Å². The van der Waals surface area contributed by atoms with Crippen LogP contribution in [0.15, 0.2) is 12.1 Å². The highest BCUT2D eigenvalue weighted by atomic mass is 32.1. The number of anilines is 1. The van der Waals surface area contributed by atoms with Gasteiger partial charge in [-0.25, -0.2) is 18.4 Å². The van der Waals surface area contributed by atoms with Gasteiger partial charge in [0.25, 0.3) is 0 Å². The van der Waals surface area contributed by atoms with Crippen LogP contribution in [0.2, 0.25) is 0 Å². The minimum Gasteiger partial charge on any atom is -0.477 e. The number of hydrogen-bond acceptors (Lipinski definition) is 8. The molecule has 3 rings (SSSR count). The quantitative estimate of drug-likeness (QED) is 0.285. The van der Waals surface area contributed by atoms with Crippen molar-refractivity contribution in [3.05, 3.63) is 40.5 Å². The summed E-state index contributed by atoms with van der Waals surface area (Å²) in [5, 5.41) is 23.7. The van der Waals surface area contributed by atoms with Gasteiger partial charge in [0.2, 0.25) is 5.88 Å². The summed E-state index contributed by atoms with van der Waals surface area (Å²) in [7, 11) is 0. The fourth-order valence-corrected chi connectivity index (χ4v) is 4.68. The van der Waals surface area contributed by atoms with Gasteiger partial charge in [0, 0.05) is 44.8 Å². The molecule has 204 valence electrons. The number of nitrogens with one attached hydrogen (secondary N) is 2. The average molecular weight is 542 g/mol. The van der Waals surface area contributed by atoms with Crippen molar-refractivity contribution >= 4 is 28.5 Å². The first-order valence-corrected chi connectivity index (χ1v) is 13.0. The molecule has 0 atom stereocenters. The lowest BCUT2D eigenvalue weighted by molar-refractivity contribution is 0.0693. The lowest BCUT2D eigenvalue weighted by Crippen LogP contribution is -2.47. The number of nitrogens with zero attached hydrogens (tertiary/aromatic N) is 3. The first kappa shape index (κ1) is 28.7. The van der Waals surface area contributed by atoms with Crippen LogP contribution in [-0.2, 0) is 6.61 Å². The molecule has 1 aliphatic heterocycles. The van der Waals surface area contributed by atoms with Crippen LogP contribution in [0.25, 0.3) is 0 Å². The molecule has 10 nitrogen and oxygen atoms in total. The number of carboxylic acid groups (broad SMARTS) is 1. The lowest BCUT2D eigenvalue weighted by atomic mass is 10.1. The Labute approximate surface area is 218 Å². The zero-order valence-corrected chi connectivity index (χ0v) is 21.6. The van der Waals surface area contributed by atoms with E-state index in [2.05, 4.69) is 24.8 Å². The van der Waals surface area contributed by atoms with Crippen LogP contribution < -0.4 is 15.4 Å². The van der Waals surface area contributed by atoms with Gasteiger partial charge in [0.1, 0.15) is 23.2 Å². The molecule has 13 heteroatoms. The number of aryl methyl sites for hydroxylation is 1. The van der Waals surface area contributed by atoms with Crippen molar-refractivity contribution in [3.8, 4) is 5.88 Å². The maximum Gasteiger partial charge on any atom is 0.344 e. The van der Waals surface area contributed by atoms with Gasteiger partial charge in [-0.3, -0.25) is 10.2 Å². The van der Waals surface area contributed by atoms with E-state index >= 15 is 0 Å². The van der Waals surface area contributed by atoms with E-state index in [1.807, 2.05) is 0 Å². The molecule has 1 aromatic carbocycles. The Kier molecular flexibility index (Phi) is 11.0. The van der Waals surface area contributed by atoms with Crippen LogP contribution in [0.5, 0.6) is 5.88 Å². The van der Waals surface area contributed by atoms with Crippen molar-refractivity contribution in [2.75, 3.05) is 57.7 Å². The number of carbonyl (C=O) groups is 2. The van der Waals surface area contributed by atoms with Gasteiger partial charge >= 0.3 is 12.0 Å². The average Bonchev–Trinajstić information content (AvgIpc) is 3.26. The maximum atomic E-state index is 14.0. The molecule has 37 heavy (non-hydrogen) atoms. The second-order valence-electron chi connectivity index (χ2n) is 8.83. The molecule has 2 amide bonds. The zero-order valence-electron chi connectivity index (χ0n) is 20.8. The monoisotopic (exact) mass is 541 g/mol. The molecule has 2 heterocycles. The summed E-state index contributed by atoms with van der Waals surface area (Å²) in [6.07, 6.45) is 2.72. The molecule has 0 bridgehead atoms. The molecule has 0 saturated carbocycles.